The largest absolute Gasteiger partial charge is 0.481 e. The van der Waals surface area contributed by atoms with Gasteiger partial charge in [-0.15, -0.1) is 0 Å². The lowest BCUT2D eigenvalue weighted by Crippen LogP contribution is -2.07. The van der Waals surface area contributed by atoms with Gasteiger partial charge in [-0.25, -0.2) is 4.89 Å². The van der Waals surface area contributed by atoms with Crippen molar-refractivity contribution in [2.75, 3.05) is 0 Å². The lowest BCUT2D eigenvalue weighted by atomic mass is 10.1. The van der Waals surface area contributed by atoms with Gasteiger partial charge in [0, 0.05) is 6.42 Å². The maximum absolute atomic E-state index is 10.4. The second-order valence-corrected chi connectivity index (χ2v) is 6.36. The first-order chi connectivity index (χ1) is 11.2. The molecule has 3 atom stereocenters. The molecule has 0 aromatic carbocycles. The van der Waals surface area contributed by atoms with Crippen LogP contribution in [0.4, 0.5) is 0 Å². The summed E-state index contributed by atoms with van der Waals surface area (Å²) in [5, 5.41) is 17.5. The molecule has 1 aliphatic rings. The molecule has 0 radical (unpaired) electrons. The summed E-state index contributed by atoms with van der Waals surface area (Å²) in [6, 6.07) is 0. The van der Waals surface area contributed by atoms with Gasteiger partial charge in [-0.3, -0.25) is 10.1 Å². The molecular formula is C18H32O5. The van der Waals surface area contributed by atoms with Gasteiger partial charge in [0.05, 0.1) is 6.10 Å². The van der Waals surface area contributed by atoms with Gasteiger partial charge in [0.15, 0.2) is 0 Å². The molecule has 0 spiro atoms. The van der Waals surface area contributed by atoms with Crippen LogP contribution in [0.3, 0.4) is 0 Å². The smallest absolute Gasteiger partial charge is 0.303 e. The quantitative estimate of drug-likeness (QED) is 0.151. The van der Waals surface area contributed by atoms with Crippen LogP contribution in [0.5, 0.6) is 0 Å². The van der Waals surface area contributed by atoms with Crippen molar-refractivity contribution in [3.63, 3.8) is 0 Å². The molecule has 23 heavy (non-hydrogen) atoms. The second-order valence-electron chi connectivity index (χ2n) is 6.36. The number of aliphatic carboxylic acids is 1. The van der Waals surface area contributed by atoms with Crippen LogP contribution in [-0.4, -0.2) is 34.6 Å². The van der Waals surface area contributed by atoms with Gasteiger partial charge >= 0.3 is 5.97 Å². The highest BCUT2D eigenvalue weighted by molar-refractivity contribution is 5.66. The molecule has 0 amide bonds. The lowest BCUT2D eigenvalue weighted by molar-refractivity contribution is -0.267. The van der Waals surface area contributed by atoms with E-state index in [1.165, 1.54) is 19.3 Å². The van der Waals surface area contributed by atoms with E-state index in [0.717, 1.165) is 44.9 Å². The van der Waals surface area contributed by atoms with E-state index in [1.54, 1.807) is 0 Å². The third kappa shape index (κ3) is 10.5. The molecule has 1 saturated heterocycles. The van der Waals surface area contributed by atoms with E-state index in [4.69, 9.17) is 15.1 Å². The van der Waals surface area contributed by atoms with Crippen molar-refractivity contribution >= 4 is 5.97 Å². The zero-order chi connectivity index (χ0) is 16.9. The van der Waals surface area contributed by atoms with Crippen molar-refractivity contribution < 1.29 is 24.8 Å². The van der Waals surface area contributed by atoms with Gasteiger partial charge in [0.25, 0.3) is 0 Å². The van der Waals surface area contributed by atoms with Gasteiger partial charge in [-0.1, -0.05) is 64.0 Å². The summed E-state index contributed by atoms with van der Waals surface area (Å²) in [5.74, 6) is -0.723. The first kappa shape index (κ1) is 20.1. The van der Waals surface area contributed by atoms with Gasteiger partial charge in [-0.2, -0.15) is 0 Å². The Morgan fingerprint density at radius 2 is 1.91 bits per heavy atom. The van der Waals surface area contributed by atoms with Crippen LogP contribution < -0.4 is 0 Å². The van der Waals surface area contributed by atoms with Crippen molar-refractivity contribution in [3.05, 3.63) is 12.2 Å². The summed E-state index contributed by atoms with van der Waals surface area (Å²) in [5.41, 5.74) is 0. The third-order valence-electron chi connectivity index (χ3n) is 4.24. The number of unbranched alkanes of at least 4 members (excludes halogenated alkanes) is 6. The number of epoxide rings is 1. The summed E-state index contributed by atoms with van der Waals surface area (Å²) >= 11 is 0. The van der Waals surface area contributed by atoms with Gasteiger partial charge in [0.2, 0.25) is 0 Å². The van der Waals surface area contributed by atoms with E-state index >= 15 is 0 Å². The average Bonchev–Trinajstić information content (AvgIpc) is 3.27. The van der Waals surface area contributed by atoms with E-state index in [9.17, 15) is 4.79 Å². The SMILES string of the molecule is CCCCCC1OC1/C=C/C(CCCCCCCC(=O)O)OO. The van der Waals surface area contributed by atoms with Crippen LogP contribution in [0.2, 0.25) is 0 Å². The fourth-order valence-corrected chi connectivity index (χ4v) is 2.72. The summed E-state index contributed by atoms with van der Waals surface area (Å²) in [4.78, 5) is 14.9. The molecule has 2 N–H and O–H groups in total. The normalized spacial score (nSPS) is 21.7. The van der Waals surface area contributed by atoms with Crippen LogP contribution >= 0.6 is 0 Å². The number of hydrogen-bond donors (Lipinski definition) is 2. The number of carboxylic acids is 1. The standard InChI is InChI=1S/C18H32O5/c1-2-3-7-11-16-17(22-16)14-13-15(23-21)10-8-5-4-6-9-12-18(19)20/h13-17,21H,2-12H2,1H3,(H,19,20)/b14-13+. The number of carboxylic acid groups (broad SMARTS) is 1. The highest BCUT2D eigenvalue weighted by Crippen LogP contribution is 2.28. The molecule has 3 unspecified atom stereocenters. The molecule has 134 valence electrons. The van der Waals surface area contributed by atoms with E-state index in [-0.39, 0.29) is 18.6 Å². The Morgan fingerprint density at radius 3 is 2.61 bits per heavy atom. The fraction of sp³-hybridized carbons (Fsp3) is 0.833. The Labute approximate surface area is 139 Å². The molecule has 1 aliphatic heterocycles. The summed E-state index contributed by atoms with van der Waals surface area (Å²) in [6.07, 6.45) is 14.7. The second kappa shape index (κ2) is 12.5. The van der Waals surface area contributed by atoms with E-state index in [0.29, 0.717) is 6.10 Å². The molecule has 0 saturated carbocycles. The summed E-state index contributed by atoms with van der Waals surface area (Å²) < 4.78 is 5.58. The van der Waals surface area contributed by atoms with Crippen molar-refractivity contribution in [1.82, 2.24) is 0 Å². The molecular weight excluding hydrogens is 296 g/mol. The zero-order valence-corrected chi connectivity index (χ0v) is 14.3. The fourth-order valence-electron chi connectivity index (χ4n) is 2.72. The minimum atomic E-state index is -0.723. The number of ether oxygens (including phenoxy) is 1. The van der Waals surface area contributed by atoms with E-state index < -0.39 is 5.97 Å². The Hall–Kier alpha value is -0.910. The lowest BCUT2D eigenvalue weighted by Gasteiger charge is -2.08. The highest BCUT2D eigenvalue weighted by Gasteiger charge is 2.35. The van der Waals surface area contributed by atoms with Crippen LogP contribution in [0.15, 0.2) is 12.2 Å². The Morgan fingerprint density at radius 1 is 1.17 bits per heavy atom. The molecule has 0 aromatic heterocycles. The Balaban J connectivity index is 2.02. The zero-order valence-electron chi connectivity index (χ0n) is 14.3. The predicted octanol–water partition coefficient (Wildman–Crippen LogP) is 4.56. The molecule has 1 fully saturated rings. The third-order valence-corrected chi connectivity index (χ3v) is 4.24. The maximum Gasteiger partial charge on any atom is 0.303 e. The van der Waals surface area contributed by atoms with E-state index in [1.807, 2.05) is 12.2 Å². The van der Waals surface area contributed by atoms with Gasteiger partial charge in [0.1, 0.15) is 12.2 Å². The molecule has 1 heterocycles. The van der Waals surface area contributed by atoms with Crippen molar-refractivity contribution in [3.8, 4) is 0 Å². The van der Waals surface area contributed by atoms with Crippen molar-refractivity contribution in [1.29, 1.82) is 0 Å². The monoisotopic (exact) mass is 328 g/mol. The molecule has 1 rings (SSSR count). The molecule has 0 aromatic rings. The van der Waals surface area contributed by atoms with Crippen LogP contribution in [0.25, 0.3) is 0 Å². The number of rotatable bonds is 15. The van der Waals surface area contributed by atoms with Crippen LogP contribution in [-0.2, 0) is 14.4 Å². The van der Waals surface area contributed by atoms with Crippen LogP contribution in [0.1, 0.15) is 77.6 Å². The first-order valence-electron chi connectivity index (χ1n) is 9.03. The number of hydrogen-bond acceptors (Lipinski definition) is 4. The van der Waals surface area contributed by atoms with E-state index in [2.05, 4.69) is 11.8 Å². The van der Waals surface area contributed by atoms with Crippen LogP contribution in [0, 0.1) is 0 Å². The summed E-state index contributed by atoms with van der Waals surface area (Å²) in [7, 11) is 0. The Kier molecular flexibility index (Phi) is 10.9. The molecule has 5 heteroatoms. The van der Waals surface area contributed by atoms with Gasteiger partial charge in [-0.05, 0) is 19.3 Å². The topological polar surface area (TPSA) is 79.3 Å². The van der Waals surface area contributed by atoms with Gasteiger partial charge < -0.3 is 9.84 Å². The molecule has 0 bridgehead atoms. The molecule has 0 aliphatic carbocycles. The number of carbonyl (C=O) groups is 1. The highest BCUT2D eigenvalue weighted by atomic mass is 17.1. The first-order valence-corrected chi connectivity index (χ1v) is 9.03. The average molecular weight is 328 g/mol. The van der Waals surface area contributed by atoms with Crippen molar-refractivity contribution in [2.45, 2.75) is 95.9 Å². The Bertz CT molecular complexity index is 342. The summed E-state index contributed by atoms with van der Waals surface area (Å²) in [6.45, 7) is 2.19. The van der Waals surface area contributed by atoms with Crippen molar-refractivity contribution in [2.24, 2.45) is 0 Å². The maximum atomic E-state index is 10.4. The molecule has 5 nitrogen and oxygen atoms in total. The predicted molar refractivity (Wildman–Crippen MR) is 89.4 cm³/mol. The minimum absolute atomic E-state index is 0.195. The minimum Gasteiger partial charge on any atom is -0.481 e.